The lowest BCUT2D eigenvalue weighted by Gasteiger charge is -2.05. The Kier molecular flexibility index (Phi) is 6.06. The number of carbonyl (C=O) groups excluding carboxylic acids is 2. The predicted molar refractivity (Wildman–Crippen MR) is 105 cm³/mol. The van der Waals surface area contributed by atoms with Crippen LogP contribution >= 0.6 is 15.9 Å². The smallest absolute Gasteiger partial charge is 0.343 e. The number of benzene rings is 2. The summed E-state index contributed by atoms with van der Waals surface area (Å²) < 4.78 is 6.13. The summed E-state index contributed by atoms with van der Waals surface area (Å²) in [5.41, 5.74) is 4.03. The average molecular weight is 424 g/mol. The second-order valence-corrected chi connectivity index (χ2v) is 6.33. The molecular weight excluding hydrogens is 410 g/mol. The molecule has 0 saturated carbocycles. The first-order valence-electron chi connectivity index (χ1n) is 7.93. The van der Waals surface area contributed by atoms with Crippen molar-refractivity contribution in [2.75, 3.05) is 0 Å². The molecule has 27 heavy (non-hydrogen) atoms. The second kappa shape index (κ2) is 8.86. The van der Waals surface area contributed by atoms with Gasteiger partial charge < -0.3 is 4.74 Å². The molecule has 0 aliphatic carbocycles. The first kappa shape index (κ1) is 18.5. The third kappa shape index (κ3) is 5.32. The van der Waals surface area contributed by atoms with E-state index in [1.165, 1.54) is 12.4 Å². The van der Waals surface area contributed by atoms with Crippen LogP contribution in [0.1, 0.15) is 26.3 Å². The highest BCUT2D eigenvalue weighted by Gasteiger charge is 2.08. The van der Waals surface area contributed by atoms with E-state index in [1.54, 1.807) is 60.8 Å². The maximum atomic E-state index is 12.1. The highest BCUT2D eigenvalue weighted by molar-refractivity contribution is 9.10. The van der Waals surface area contributed by atoms with Gasteiger partial charge in [-0.1, -0.05) is 22.0 Å². The molecule has 0 spiro atoms. The molecule has 3 rings (SSSR count). The minimum absolute atomic E-state index is 0.348. The van der Waals surface area contributed by atoms with Gasteiger partial charge in [0.15, 0.2) is 0 Å². The normalized spacial score (nSPS) is 10.6. The van der Waals surface area contributed by atoms with Crippen LogP contribution in [0.5, 0.6) is 5.75 Å². The Balaban J connectivity index is 1.57. The number of hydrogen-bond acceptors (Lipinski definition) is 5. The van der Waals surface area contributed by atoms with E-state index in [2.05, 4.69) is 31.4 Å². The number of esters is 1. The number of nitrogens with one attached hydrogen (secondary N) is 1. The highest BCUT2D eigenvalue weighted by atomic mass is 79.9. The van der Waals surface area contributed by atoms with Gasteiger partial charge in [-0.25, -0.2) is 10.2 Å². The van der Waals surface area contributed by atoms with Gasteiger partial charge in [0.05, 0.1) is 17.3 Å². The Bertz CT molecular complexity index is 973. The lowest BCUT2D eigenvalue weighted by atomic mass is 10.2. The summed E-state index contributed by atoms with van der Waals surface area (Å²) in [5.74, 6) is -0.378. The number of carbonyl (C=O) groups is 2. The summed E-state index contributed by atoms with van der Waals surface area (Å²) >= 11 is 3.32. The van der Waals surface area contributed by atoms with Crippen molar-refractivity contribution in [3.63, 3.8) is 0 Å². The van der Waals surface area contributed by atoms with Gasteiger partial charge in [0.2, 0.25) is 0 Å². The molecule has 2 aromatic carbocycles. The summed E-state index contributed by atoms with van der Waals surface area (Å²) in [6.45, 7) is 0. The van der Waals surface area contributed by atoms with Crippen molar-refractivity contribution < 1.29 is 14.3 Å². The maximum Gasteiger partial charge on any atom is 0.343 e. The highest BCUT2D eigenvalue weighted by Crippen LogP contribution is 2.16. The van der Waals surface area contributed by atoms with Crippen molar-refractivity contribution in [1.29, 1.82) is 0 Å². The fourth-order valence-corrected chi connectivity index (χ4v) is 2.53. The van der Waals surface area contributed by atoms with Crippen LogP contribution in [0.25, 0.3) is 0 Å². The number of nitrogens with zero attached hydrogens (tertiary/aromatic N) is 2. The van der Waals surface area contributed by atoms with E-state index >= 15 is 0 Å². The average Bonchev–Trinajstić information content (AvgIpc) is 2.70. The largest absolute Gasteiger partial charge is 0.423 e. The van der Waals surface area contributed by atoms with E-state index in [-0.39, 0.29) is 5.91 Å². The van der Waals surface area contributed by atoms with E-state index in [0.717, 1.165) is 10.0 Å². The van der Waals surface area contributed by atoms with Gasteiger partial charge in [-0.15, -0.1) is 0 Å². The monoisotopic (exact) mass is 423 g/mol. The molecule has 1 aromatic heterocycles. The van der Waals surface area contributed by atoms with Crippen molar-refractivity contribution >= 4 is 34.0 Å². The van der Waals surface area contributed by atoms with Crippen molar-refractivity contribution in [2.24, 2.45) is 5.10 Å². The summed E-state index contributed by atoms with van der Waals surface area (Å²) in [6.07, 6.45) is 4.54. The Hall–Kier alpha value is -3.32. The minimum atomic E-state index is -0.443. The Morgan fingerprint density at radius 1 is 1.04 bits per heavy atom. The minimum Gasteiger partial charge on any atom is -0.423 e. The van der Waals surface area contributed by atoms with Crippen LogP contribution in [0.2, 0.25) is 0 Å². The van der Waals surface area contributed by atoms with Gasteiger partial charge in [-0.05, 0) is 60.2 Å². The van der Waals surface area contributed by atoms with Crippen LogP contribution in [-0.4, -0.2) is 23.1 Å². The van der Waals surface area contributed by atoms with Gasteiger partial charge in [-0.3, -0.25) is 9.78 Å². The van der Waals surface area contributed by atoms with E-state index in [9.17, 15) is 9.59 Å². The molecule has 0 aliphatic heterocycles. The predicted octanol–water partition coefficient (Wildman–Crippen LogP) is 3.83. The summed E-state index contributed by atoms with van der Waals surface area (Å²) in [4.78, 5) is 27.8. The molecule has 0 unspecified atom stereocenters. The molecule has 0 radical (unpaired) electrons. The summed E-state index contributed by atoms with van der Waals surface area (Å²) in [6, 6.07) is 17.0. The molecule has 0 saturated heterocycles. The van der Waals surface area contributed by atoms with Crippen molar-refractivity contribution in [3.05, 3.63) is 94.2 Å². The third-order valence-electron chi connectivity index (χ3n) is 3.45. The standard InChI is InChI=1S/C20H14BrN3O3/c21-17-5-1-3-15(11-17)20(26)27-18-8-6-14(7-9-18)12-23-24-19(25)16-4-2-10-22-13-16/h1-13H,(H,24,25)/b23-12+. The van der Waals surface area contributed by atoms with Gasteiger partial charge in [-0.2, -0.15) is 5.10 Å². The Labute approximate surface area is 164 Å². The number of halogens is 1. The molecule has 0 aliphatic rings. The third-order valence-corrected chi connectivity index (χ3v) is 3.95. The molecule has 1 heterocycles. The van der Waals surface area contributed by atoms with E-state index in [4.69, 9.17) is 4.74 Å². The molecular formula is C20H14BrN3O3. The van der Waals surface area contributed by atoms with Gasteiger partial charge in [0, 0.05) is 16.9 Å². The number of ether oxygens (including phenoxy) is 1. The molecule has 134 valence electrons. The molecule has 0 bridgehead atoms. The summed E-state index contributed by atoms with van der Waals surface area (Å²) in [7, 11) is 0. The van der Waals surface area contributed by atoms with Crippen molar-refractivity contribution in [2.45, 2.75) is 0 Å². The van der Waals surface area contributed by atoms with Gasteiger partial charge in [0.1, 0.15) is 5.75 Å². The molecule has 6 nitrogen and oxygen atoms in total. The van der Waals surface area contributed by atoms with Gasteiger partial charge >= 0.3 is 5.97 Å². The lowest BCUT2D eigenvalue weighted by Crippen LogP contribution is -2.17. The maximum absolute atomic E-state index is 12.1. The number of hydrogen-bond donors (Lipinski definition) is 1. The van der Waals surface area contributed by atoms with Crippen LogP contribution in [0, 0.1) is 0 Å². The number of rotatable bonds is 5. The van der Waals surface area contributed by atoms with Crippen LogP contribution in [0.15, 0.2) is 82.6 Å². The molecule has 3 aromatic rings. The second-order valence-electron chi connectivity index (χ2n) is 5.41. The number of pyridine rings is 1. The van der Waals surface area contributed by atoms with Gasteiger partial charge in [0.25, 0.3) is 5.91 Å². The fourth-order valence-electron chi connectivity index (χ4n) is 2.13. The van der Waals surface area contributed by atoms with Crippen LogP contribution in [-0.2, 0) is 0 Å². The Morgan fingerprint density at radius 3 is 2.52 bits per heavy atom. The lowest BCUT2D eigenvalue weighted by molar-refractivity contribution is 0.0734. The first-order chi connectivity index (χ1) is 13.1. The van der Waals surface area contributed by atoms with Crippen LogP contribution < -0.4 is 10.2 Å². The molecule has 1 amide bonds. The number of hydrazone groups is 1. The number of aromatic nitrogens is 1. The van der Waals surface area contributed by atoms with Crippen LogP contribution in [0.3, 0.4) is 0 Å². The van der Waals surface area contributed by atoms with E-state index in [1.807, 2.05) is 6.07 Å². The fraction of sp³-hybridized carbons (Fsp3) is 0. The Morgan fingerprint density at radius 2 is 1.81 bits per heavy atom. The SMILES string of the molecule is O=C(N/N=C/c1ccc(OC(=O)c2cccc(Br)c2)cc1)c1cccnc1. The zero-order chi connectivity index (χ0) is 19.1. The topological polar surface area (TPSA) is 80.6 Å². The van der Waals surface area contributed by atoms with E-state index < -0.39 is 5.97 Å². The number of amides is 1. The molecule has 7 heteroatoms. The molecule has 0 atom stereocenters. The zero-order valence-corrected chi connectivity index (χ0v) is 15.6. The van der Waals surface area contributed by atoms with E-state index in [0.29, 0.717) is 16.9 Å². The quantitative estimate of drug-likeness (QED) is 0.292. The van der Waals surface area contributed by atoms with Crippen LogP contribution in [0.4, 0.5) is 0 Å². The van der Waals surface area contributed by atoms with Crippen molar-refractivity contribution in [1.82, 2.24) is 10.4 Å². The zero-order valence-electron chi connectivity index (χ0n) is 14.0. The first-order valence-corrected chi connectivity index (χ1v) is 8.72. The molecule has 0 fully saturated rings. The molecule has 1 N–H and O–H groups in total. The summed E-state index contributed by atoms with van der Waals surface area (Å²) in [5, 5.41) is 3.90. The van der Waals surface area contributed by atoms with Crippen molar-refractivity contribution in [3.8, 4) is 5.75 Å².